The number of nitrogens with one attached hydrogen (secondary N) is 1. The molecule has 0 spiro atoms. The quantitative estimate of drug-likeness (QED) is 0.654. The predicted molar refractivity (Wildman–Crippen MR) is 117 cm³/mol. The molecule has 31 heavy (non-hydrogen) atoms. The number of imidazole rings is 1. The third kappa shape index (κ3) is 4.70. The molecule has 164 valence electrons. The molecule has 1 fully saturated rings. The number of benzene rings is 1. The monoisotopic (exact) mass is 426 g/mol. The minimum absolute atomic E-state index is 0.101. The van der Waals surface area contributed by atoms with E-state index in [-0.39, 0.29) is 29.3 Å². The van der Waals surface area contributed by atoms with Gasteiger partial charge in [-0.3, -0.25) is 9.20 Å². The number of aromatic nitrogens is 2. The molecule has 0 atom stereocenters. The first kappa shape index (κ1) is 21.3. The van der Waals surface area contributed by atoms with Crippen LogP contribution in [0.25, 0.3) is 5.65 Å². The molecule has 0 unspecified atom stereocenters. The van der Waals surface area contributed by atoms with Crippen molar-refractivity contribution < 1.29 is 13.6 Å². The number of piperidine rings is 1. The Labute approximate surface area is 181 Å². The number of carbonyl (C=O) groups is 1. The van der Waals surface area contributed by atoms with Gasteiger partial charge in [0.1, 0.15) is 23.1 Å². The number of amides is 1. The molecule has 3 heterocycles. The number of nitrogens with zero attached hydrogens (tertiary/aromatic N) is 3. The van der Waals surface area contributed by atoms with E-state index < -0.39 is 11.6 Å². The molecule has 4 rings (SSSR count). The van der Waals surface area contributed by atoms with Crippen LogP contribution in [0.5, 0.6) is 0 Å². The van der Waals surface area contributed by atoms with E-state index in [0.717, 1.165) is 48.2 Å². The lowest BCUT2D eigenvalue weighted by molar-refractivity contribution is -0.131. The Morgan fingerprint density at radius 3 is 2.61 bits per heavy atom. The van der Waals surface area contributed by atoms with Crippen LogP contribution in [0, 0.1) is 11.6 Å². The van der Waals surface area contributed by atoms with Crippen LogP contribution >= 0.6 is 0 Å². The lowest BCUT2D eigenvalue weighted by Crippen LogP contribution is -2.39. The van der Waals surface area contributed by atoms with E-state index >= 15 is 0 Å². The van der Waals surface area contributed by atoms with Gasteiger partial charge in [-0.1, -0.05) is 6.07 Å². The van der Waals surface area contributed by atoms with E-state index in [1.165, 1.54) is 0 Å². The zero-order chi connectivity index (χ0) is 22.2. The first-order valence-electron chi connectivity index (χ1n) is 10.7. The van der Waals surface area contributed by atoms with Crippen molar-refractivity contribution in [3.8, 4) is 0 Å². The summed E-state index contributed by atoms with van der Waals surface area (Å²) in [5, 5.41) is 3.59. The Hall–Kier alpha value is -2.96. The fraction of sp³-hybridized carbons (Fsp3) is 0.417. The highest BCUT2D eigenvalue weighted by atomic mass is 19.1. The topological polar surface area (TPSA) is 49.6 Å². The molecule has 3 aromatic rings. The lowest BCUT2D eigenvalue weighted by Gasteiger charge is -2.32. The van der Waals surface area contributed by atoms with Gasteiger partial charge < -0.3 is 10.2 Å². The largest absolute Gasteiger partial charge is 0.365 e. The maximum atomic E-state index is 13.9. The van der Waals surface area contributed by atoms with Gasteiger partial charge >= 0.3 is 0 Å². The second-order valence-electron chi connectivity index (χ2n) is 9.22. The SMILES string of the molecule is CC(C)(C)Nc1c(C2CCN(C(=O)Cc3cc(F)ccc3F)CC2)nc2ccccn12. The zero-order valence-electron chi connectivity index (χ0n) is 18.2. The van der Waals surface area contributed by atoms with Gasteiger partial charge in [-0.05, 0) is 63.9 Å². The average Bonchev–Trinajstić information content (AvgIpc) is 3.08. The summed E-state index contributed by atoms with van der Waals surface area (Å²) in [6.07, 6.45) is 3.44. The van der Waals surface area contributed by atoms with Crippen molar-refractivity contribution in [3.05, 3.63) is 65.5 Å². The maximum Gasteiger partial charge on any atom is 0.227 e. The van der Waals surface area contributed by atoms with Crippen LogP contribution in [-0.4, -0.2) is 38.8 Å². The molecule has 7 heteroatoms. The van der Waals surface area contributed by atoms with E-state index in [1.54, 1.807) is 4.90 Å². The number of rotatable bonds is 4. The third-order valence-corrected chi connectivity index (χ3v) is 5.63. The number of anilines is 1. The number of likely N-dealkylation sites (tertiary alicyclic amines) is 1. The molecule has 5 nitrogen and oxygen atoms in total. The molecular weight excluding hydrogens is 398 g/mol. The average molecular weight is 427 g/mol. The van der Waals surface area contributed by atoms with Crippen LogP contribution in [0.4, 0.5) is 14.6 Å². The number of hydrogen-bond acceptors (Lipinski definition) is 3. The van der Waals surface area contributed by atoms with Gasteiger partial charge in [0.15, 0.2) is 0 Å². The van der Waals surface area contributed by atoms with Crippen molar-refractivity contribution in [2.75, 3.05) is 18.4 Å². The number of fused-ring (bicyclic) bond motifs is 1. The zero-order valence-corrected chi connectivity index (χ0v) is 18.2. The van der Waals surface area contributed by atoms with Crippen molar-refractivity contribution >= 4 is 17.4 Å². The van der Waals surface area contributed by atoms with Crippen LogP contribution in [0.1, 0.15) is 50.8 Å². The summed E-state index contributed by atoms with van der Waals surface area (Å²) >= 11 is 0. The highest BCUT2D eigenvalue weighted by Gasteiger charge is 2.29. The van der Waals surface area contributed by atoms with Gasteiger partial charge in [-0.2, -0.15) is 0 Å². The van der Waals surface area contributed by atoms with Gasteiger partial charge in [-0.25, -0.2) is 13.8 Å². The maximum absolute atomic E-state index is 13.9. The smallest absolute Gasteiger partial charge is 0.227 e. The molecule has 1 aromatic carbocycles. The first-order valence-corrected chi connectivity index (χ1v) is 10.7. The Kier molecular flexibility index (Phi) is 5.69. The normalized spacial score (nSPS) is 15.5. The van der Waals surface area contributed by atoms with E-state index in [1.807, 2.05) is 24.4 Å². The van der Waals surface area contributed by atoms with Gasteiger partial charge in [0, 0.05) is 36.3 Å². The van der Waals surface area contributed by atoms with E-state index in [4.69, 9.17) is 4.98 Å². The van der Waals surface area contributed by atoms with Gasteiger partial charge in [0.2, 0.25) is 5.91 Å². The molecule has 0 saturated carbocycles. The molecule has 2 aromatic heterocycles. The molecule has 1 aliphatic heterocycles. The van der Waals surface area contributed by atoms with Crippen LogP contribution in [0.15, 0.2) is 42.6 Å². The number of hydrogen-bond donors (Lipinski definition) is 1. The van der Waals surface area contributed by atoms with E-state index in [2.05, 4.69) is 30.5 Å². The highest BCUT2D eigenvalue weighted by Crippen LogP contribution is 2.34. The molecule has 0 radical (unpaired) electrons. The molecule has 0 aliphatic carbocycles. The lowest BCUT2D eigenvalue weighted by atomic mass is 9.92. The standard InChI is InChI=1S/C24H28F2N4O/c1-24(2,3)28-23-22(27-20-6-4-5-11-30(20)23)16-9-12-29(13-10-16)21(31)15-17-14-18(25)7-8-19(17)26/h4-8,11,14,16,28H,9-10,12-13,15H2,1-3H3. The third-order valence-electron chi connectivity index (χ3n) is 5.63. The Bertz CT molecular complexity index is 1090. The number of halogens is 2. The Morgan fingerprint density at radius 1 is 1.16 bits per heavy atom. The fourth-order valence-corrected chi connectivity index (χ4v) is 4.13. The molecule has 0 bridgehead atoms. The molecule has 1 amide bonds. The minimum Gasteiger partial charge on any atom is -0.365 e. The molecule has 1 N–H and O–H groups in total. The van der Waals surface area contributed by atoms with E-state index in [0.29, 0.717) is 13.1 Å². The van der Waals surface area contributed by atoms with Crippen molar-refractivity contribution in [3.63, 3.8) is 0 Å². The van der Waals surface area contributed by atoms with E-state index in [9.17, 15) is 13.6 Å². The van der Waals surface area contributed by atoms with Gasteiger partial charge in [-0.15, -0.1) is 0 Å². The summed E-state index contributed by atoms with van der Waals surface area (Å²) in [6, 6.07) is 9.17. The van der Waals surface area contributed by atoms with Crippen molar-refractivity contribution in [2.24, 2.45) is 0 Å². The summed E-state index contributed by atoms with van der Waals surface area (Å²) in [5.41, 5.74) is 1.89. The fourth-order valence-electron chi connectivity index (χ4n) is 4.13. The summed E-state index contributed by atoms with van der Waals surface area (Å²) in [6.45, 7) is 7.50. The van der Waals surface area contributed by atoms with Crippen molar-refractivity contribution in [1.82, 2.24) is 14.3 Å². The summed E-state index contributed by atoms with van der Waals surface area (Å²) in [5.74, 6) is -0.0405. The molecular formula is C24H28F2N4O. The van der Waals surface area contributed by atoms with Crippen molar-refractivity contribution in [2.45, 2.75) is 51.5 Å². The van der Waals surface area contributed by atoms with Crippen molar-refractivity contribution in [1.29, 1.82) is 0 Å². The summed E-state index contributed by atoms with van der Waals surface area (Å²) < 4.78 is 29.4. The minimum atomic E-state index is -0.549. The Morgan fingerprint density at radius 2 is 1.90 bits per heavy atom. The van der Waals surface area contributed by atoms with Gasteiger partial charge in [0.25, 0.3) is 0 Å². The van der Waals surface area contributed by atoms with Crippen LogP contribution in [0.3, 0.4) is 0 Å². The number of carbonyl (C=O) groups excluding carboxylic acids is 1. The second kappa shape index (κ2) is 8.29. The molecule has 1 saturated heterocycles. The number of pyridine rings is 1. The van der Waals surface area contributed by atoms with Crippen LogP contribution in [0.2, 0.25) is 0 Å². The predicted octanol–water partition coefficient (Wildman–Crippen LogP) is 4.77. The van der Waals surface area contributed by atoms with Crippen LogP contribution < -0.4 is 5.32 Å². The summed E-state index contributed by atoms with van der Waals surface area (Å²) in [7, 11) is 0. The second-order valence-corrected chi connectivity index (χ2v) is 9.22. The first-order chi connectivity index (χ1) is 14.7. The van der Waals surface area contributed by atoms with Crippen LogP contribution in [-0.2, 0) is 11.2 Å². The highest BCUT2D eigenvalue weighted by molar-refractivity contribution is 5.79. The van der Waals surface area contributed by atoms with Gasteiger partial charge in [0.05, 0.1) is 12.1 Å². The summed E-state index contributed by atoms with van der Waals surface area (Å²) in [4.78, 5) is 19.3. The Balaban J connectivity index is 1.49. The molecule has 1 aliphatic rings.